The van der Waals surface area contributed by atoms with Crippen molar-refractivity contribution < 1.29 is 19.7 Å². The normalized spacial score (nSPS) is 26.6. The van der Waals surface area contributed by atoms with E-state index in [0.29, 0.717) is 25.3 Å². The summed E-state index contributed by atoms with van der Waals surface area (Å²) in [4.78, 5) is 14.0. The number of benzene rings is 1. The van der Waals surface area contributed by atoms with Gasteiger partial charge in [-0.3, -0.25) is 0 Å². The highest BCUT2D eigenvalue weighted by atomic mass is 16.5. The molecule has 6 heteroatoms. The average Bonchev–Trinajstić information content (AvgIpc) is 3.02. The van der Waals surface area contributed by atoms with E-state index in [-0.39, 0.29) is 17.5 Å². The number of likely N-dealkylation sites (tertiary alicyclic amines) is 1. The van der Waals surface area contributed by atoms with Crippen molar-refractivity contribution in [2.45, 2.75) is 45.0 Å². The van der Waals surface area contributed by atoms with Crippen molar-refractivity contribution >= 4 is 5.97 Å². The fraction of sp³-hybridized carbons (Fsp3) is 0.650. The minimum Gasteiger partial charge on any atom is -0.457 e. The number of carbonyl (C=O) groups is 1. The van der Waals surface area contributed by atoms with Crippen LogP contribution in [0.5, 0.6) is 0 Å². The summed E-state index contributed by atoms with van der Waals surface area (Å²) in [5.41, 5.74) is 3.42. The Hall–Kier alpha value is -1.47. The lowest BCUT2D eigenvalue weighted by Gasteiger charge is -2.47. The number of nitrogens with one attached hydrogen (secondary N) is 1. The van der Waals surface area contributed by atoms with Gasteiger partial charge in [0.2, 0.25) is 0 Å². The molecular weight excluding hydrogens is 332 g/mol. The number of aliphatic hydroxyl groups excluding tert-OH is 2. The molecule has 3 aliphatic heterocycles. The molecule has 142 valence electrons. The van der Waals surface area contributed by atoms with Gasteiger partial charge >= 0.3 is 5.97 Å². The third-order valence-electron chi connectivity index (χ3n) is 6.69. The molecule has 1 aromatic rings. The van der Waals surface area contributed by atoms with Crippen LogP contribution >= 0.6 is 0 Å². The van der Waals surface area contributed by atoms with Crippen LogP contribution in [0.25, 0.3) is 0 Å². The van der Waals surface area contributed by atoms with Crippen LogP contribution in [0.3, 0.4) is 0 Å². The maximum absolute atomic E-state index is 11.7. The zero-order valence-electron chi connectivity index (χ0n) is 15.3. The quantitative estimate of drug-likeness (QED) is 0.701. The van der Waals surface area contributed by atoms with Crippen LogP contribution in [0.2, 0.25) is 0 Å². The molecule has 1 spiro atoms. The van der Waals surface area contributed by atoms with E-state index in [4.69, 9.17) is 4.74 Å². The minimum atomic E-state index is -0.581. The van der Waals surface area contributed by atoms with Gasteiger partial charge in [-0.15, -0.1) is 0 Å². The third kappa shape index (κ3) is 3.05. The van der Waals surface area contributed by atoms with Gasteiger partial charge in [0.25, 0.3) is 0 Å². The lowest BCUT2D eigenvalue weighted by molar-refractivity contribution is -0.0491. The van der Waals surface area contributed by atoms with Gasteiger partial charge < -0.3 is 25.2 Å². The maximum Gasteiger partial charge on any atom is 0.338 e. The van der Waals surface area contributed by atoms with E-state index in [0.717, 1.165) is 55.6 Å². The van der Waals surface area contributed by atoms with Gasteiger partial charge in [0, 0.05) is 24.1 Å². The summed E-state index contributed by atoms with van der Waals surface area (Å²) in [6.45, 7) is 6.32. The van der Waals surface area contributed by atoms with Gasteiger partial charge in [-0.2, -0.15) is 0 Å². The topological polar surface area (TPSA) is 82.0 Å². The average molecular weight is 360 g/mol. The molecule has 2 atom stereocenters. The summed E-state index contributed by atoms with van der Waals surface area (Å²) in [7, 11) is 0. The molecule has 0 aliphatic carbocycles. The van der Waals surface area contributed by atoms with Crippen LogP contribution in [0.1, 0.15) is 52.4 Å². The number of esters is 1. The molecule has 3 aliphatic rings. The van der Waals surface area contributed by atoms with Gasteiger partial charge in [0.05, 0.1) is 17.8 Å². The second-order valence-corrected chi connectivity index (χ2v) is 8.03. The first kappa shape index (κ1) is 17.9. The third-order valence-corrected chi connectivity index (χ3v) is 6.69. The van der Waals surface area contributed by atoms with E-state index in [1.807, 2.05) is 13.0 Å². The molecular formula is C20H28N2O4. The zero-order chi connectivity index (χ0) is 18.3. The van der Waals surface area contributed by atoms with Crippen molar-refractivity contribution in [1.29, 1.82) is 0 Å². The second kappa shape index (κ2) is 6.93. The standard InChI is InChI=1S/C20H28N2O4/c1-13-14(2-3-15-16(13)12-26-19(15)25)17(23)11-22-8-5-20(6-9-22)4-7-21-10-18(20)24/h2-3,17-18,21,23-24H,4-12H2,1H3/t17-,18?/m0/s1. The fourth-order valence-electron chi connectivity index (χ4n) is 4.79. The van der Waals surface area contributed by atoms with E-state index in [2.05, 4.69) is 10.2 Å². The number of cyclic esters (lactones) is 1. The number of aliphatic hydroxyl groups is 2. The van der Waals surface area contributed by atoms with Crippen molar-refractivity contribution in [1.82, 2.24) is 10.2 Å². The van der Waals surface area contributed by atoms with Crippen molar-refractivity contribution in [3.63, 3.8) is 0 Å². The van der Waals surface area contributed by atoms with Crippen LogP contribution in [0.4, 0.5) is 0 Å². The predicted molar refractivity (Wildman–Crippen MR) is 96.9 cm³/mol. The van der Waals surface area contributed by atoms with E-state index in [1.54, 1.807) is 6.07 Å². The lowest BCUT2D eigenvalue weighted by atomic mass is 9.69. The van der Waals surface area contributed by atoms with Gasteiger partial charge in [0.1, 0.15) is 6.61 Å². The number of carbonyl (C=O) groups excluding carboxylic acids is 1. The molecule has 0 bridgehead atoms. The second-order valence-electron chi connectivity index (χ2n) is 8.03. The minimum absolute atomic E-state index is 0.0495. The van der Waals surface area contributed by atoms with Gasteiger partial charge in [-0.1, -0.05) is 6.07 Å². The Morgan fingerprint density at radius 3 is 2.85 bits per heavy atom. The summed E-state index contributed by atoms with van der Waals surface area (Å²) in [5, 5.41) is 24.4. The Morgan fingerprint density at radius 2 is 2.12 bits per heavy atom. The number of rotatable bonds is 3. The fourth-order valence-corrected chi connectivity index (χ4v) is 4.79. The van der Waals surface area contributed by atoms with E-state index >= 15 is 0 Å². The molecule has 0 amide bonds. The SMILES string of the molecule is Cc1c([C@@H](O)CN2CCC3(CCNCC3O)CC2)ccc2c1COC2=O. The smallest absolute Gasteiger partial charge is 0.338 e. The summed E-state index contributed by atoms with van der Waals surface area (Å²) < 4.78 is 5.10. The lowest BCUT2D eigenvalue weighted by Crippen LogP contribution is -2.54. The summed E-state index contributed by atoms with van der Waals surface area (Å²) in [6, 6.07) is 3.63. The number of β-amino-alcohol motifs (C(OH)–C–C–N with tert-alkyl or cyclic N) is 2. The number of nitrogens with zero attached hydrogens (tertiary/aromatic N) is 1. The molecule has 1 aromatic carbocycles. The number of fused-ring (bicyclic) bond motifs is 1. The molecule has 0 saturated carbocycles. The van der Waals surface area contributed by atoms with Crippen LogP contribution in [0, 0.1) is 12.3 Å². The highest BCUT2D eigenvalue weighted by Gasteiger charge is 2.42. The zero-order valence-corrected chi connectivity index (χ0v) is 15.3. The van der Waals surface area contributed by atoms with Crippen LogP contribution in [-0.4, -0.2) is 59.9 Å². The molecule has 0 aromatic heterocycles. The van der Waals surface area contributed by atoms with E-state index < -0.39 is 6.10 Å². The molecule has 2 fully saturated rings. The highest BCUT2D eigenvalue weighted by Crippen LogP contribution is 2.40. The van der Waals surface area contributed by atoms with Crippen LogP contribution in [-0.2, 0) is 11.3 Å². The first-order valence-electron chi connectivity index (χ1n) is 9.59. The summed E-state index contributed by atoms with van der Waals surface area (Å²) in [5.74, 6) is -0.272. The van der Waals surface area contributed by atoms with Crippen molar-refractivity contribution in [3.05, 3.63) is 34.4 Å². The largest absolute Gasteiger partial charge is 0.457 e. The Labute approximate surface area is 154 Å². The van der Waals surface area contributed by atoms with E-state index in [1.165, 1.54) is 0 Å². The number of ether oxygens (including phenoxy) is 1. The summed E-state index contributed by atoms with van der Waals surface area (Å²) in [6.07, 6.45) is 2.15. The van der Waals surface area contributed by atoms with Crippen molar-refractivity contribution in [3.8, 4) is 0 Å². The van der Waals surface area contributed by atoms with Crippen molar-refractivity contribution in [2.75, 3.05) is 32.7 Å². The molecule has 4 rings (SSSR count). The summed E-state index contributed by atoms with van der Waals surface area (Å²) >= 11 is 0. The van der Waals surface area contributed by atoms with Crippen LogP contribution in [0.15, 0.2) is 12.1 Å². The Bertz CT molecular complexity index is 697. The monoisotopic (exact) mass is 360 g/mol. The molecule has 3 heterocycles. The number of hydrogen-bond acceptors (Lipinski definition) is 6. The molecule has 1 unspecified atom stereocenters. The first-order chi connectivity index (χ1) is 12.5. The van der Waals surface area contributed by atoms with Crippen LogP contribution < -0.4 is 5.32 Å². The maximum atomic E-state index is 11.7. The van der Waals surface area contributed by atoms with E-state index in [9.17, 15) is 15.0 Å². The molecule has 0 radical (unpaired) electrons. The molecule has 3 N–H and O–H groups in total. The Morgan fingerprint density at radius 1 is 1.35 bits per heavy atom. The Kier molecular flexibility index (Phi) is 4.77. The molecule has 2 saturated heterocycles. The number of piperidine rings is 2. The van der Waals surface area contributed by atoms with Gasteiger partial charge in [-0.05, 0) is 63.0 Å². The number of hydrogen-bond donors (Lipinski definition) is 3. The van der Waals surface area contributed by atoms with Gasteiger partial charge in [0.15, 0.2) is 0 Å². The molecule has 26 heavy (non-hydrogen) atoms. The van der Waals surface area contributed by atoms with Crippen molar-refractivity contribution in [2.24, 2.45) is 5.41 Å². The molecule has 6 nitrogen and oxygen atoms in total. The Balaban J connectivity index is 1.41. The van der Waals surface area contributed by atoms with Gasteiger partial charge in [-0.25, -0.2) is 4.79 Å². The first-order valence-corrected chi connectivity index (χ1v) is 9.59. The highest BCUT2D eigenvalue weighted by molar-refractivity contribution is 5.93. The predicted octanol–water partition coefficient (Wildman–Crippen LogP) is 1.14.